The fourth-order valence-corrected chi connectivity index (χ4v) is 6.55. The Balaban J connectivity index is 1.64. The molecule has 44 heavy (non-hydrogen) atoms. The Morgan fingerprint density at radius 3 is 2.30 bits per heavy atom. The number of para-hydroxylation sites is 1. The molecule has 3 heterocycles. The first-order valence-electron chi connectivity index (χ1n) is 14.6. The van der Waals surface area contributed by atoms with E-state index in [1.807, 2.05) is 69.3 Å². The molecule has 0 saturated carbocycles. The molecule has 2 aromatic carbocycles. The van der Waals surface area contributed by atoms with Crippen LogP contribution in [0.5, 0.6) is 5.75 Å². The van der Waals surface area contributed by atoms with Gasteiger partial charge in [-0.25, -0.2) is 14.6 Å². The van der Waals surface area contributed by atoms with E-state index in [4.69, 9.17) is 14.2 Å². The van der Waals surface area contributed by atoms with E-state index in [1.165, 1.54) is 11.3 Å². The number of thiazole rings is 1. The van der Waals surface area contributed by atoms with Gasteiger partial charge in [-0.2, -0.15) is 0 Å². The molecule has 2 aromatic heterocycles. The number of aromatic nitrogens is 2. The minimum absolute atomic E-state index is 0.195. The zero-order valence-corrected chi connectivity index (χ0v) is 26.5. The quantitative estimate of drug-likeness (QED) is 0.252. The van der Waals surface area contributed by atoms with E-state index in [-0.39, 0.29) is 18.1 Å². The molecule has 0 amide bonds. The molecule has 0 radical (unpaired) electrons. The zero-order valence-electron chi connectivity index (χ0n) is 25.7. The molecule has 1 aliphatic rings. The maximum absolute atomic E-state index is 14.1. The zero-order chi connectivity index (χ0) is 31.5. The third-order valence-corrected chi connectivity index (χ3v) is 8.41. The monoisotopic (exact) mass is 613 g/mol. The lowest BCUT2D eigenvalue weighted by molar-refractivity contribution is -0.139. The third-order valence-electron chi connectivity index (χ3n) is 7.42. The number of hydrogen-bond donors (Lipinski definition) is 0. The van der Waals surface area contributed by atoms with Gasteiger partial charge >= 0.3 is 11.9 Å². The third kappa shape index (κ3) is 5.65. The van der Waals surface area contributed by atoms with Crippen LogP contribution in [0.4, 0.5) is 0 Å². The predicted molar refractivity (Wildman–Crippen MR) is 169 cm³/mol. The van der Waals surface area contributed by atoms with Crippen molar-refractivity contribution in [2.45, 2.75) is 47.6 Å². The average molecular weight is 614 g/mol. The van der Waals surface area contributed by atoms with E-state index in [9.17, 15) is 14.4 Å². The summed E-state index contributed by atoms with van der Waals surface area (Å²) in [4.78, 5) is 44.7. The maximum Gasteiger partial charge on any atom is 0.338 e. The Morgan fingerprint density at radius 1 is 0.932 bits per heavy atom. The molecule has 1 atom stereocenters. The molecule has 10 heteroatoms. The van der Waals surface area contributed by atoms with Crippen LogP contribution in [0.2, 0.25) is 0 Å². The van der Waals surface area contributed by atoms with Crippen molar-refractivity contribution in [3.8, 4) is 11.4 Å². The number of fused-ring (bicyclic) bond motifs is 1. The van der Waals surface area contributed by atoms with Gasteiger partial charge in [0.2, 0.25) is 0 Å². The maximum atomic E-state index is 14.1. The number of carbonyl (C=O) groups excluding carboxylic acids is 2. The highest BCUT2D eigenvalue weighted by Crippen LogP contribution is 2.36. The van der Waals surface area contributed by atoms with Crippen LogP contribution >= 0.6 is 11.3 Å². The van der Waals surface area contributed by atoms with Crippen molar-refractivity contribution in [2.75, 3.05) is 19.8 Å². The molecule has 0 fully saturated rings. The molecule has 228 valence electrons. The summed E-state index contributed by atoms with van der Waals surface area (Å²) < 4.78 is 20.6. The largest absolute Gasteiger partial charge is 0.494 e. The van der Waals surface area contributed by atoms with Gasteiger partial charge in [0.05, 0.1) is 41.2 Å². The Hall–Kier alpha value is -4.70. The van der Waals surface area contributed by atoms with Gasteiger partial charge in [-0.15, -0.1) is 0 Å². The summed E-state index contributed by atoms with van der Waals surface area (Å²) in [5.74, 6) is -0.292. The predicted octanol–water partition coefficient (Wildman–Crippen LogP) is 4.78. The van der Waals surface area contributed by atoms with Gasteiger partial charge in [0.1, 0.15) is 11.8 Å². The number of allylic oxidation sites excluding steroid dienone is 1. The number of aryl methyl sites for hydroxylation is 1. The lowest BCUT2D eigenvalue weighted by atomic mass is 9.95. The Morgan fingerprint density at radius 2 is 1.61 bits per heavy atom. The van der Waals surface area contributed by atoms with Crippen LogP contribution in [-0.2, 0) is 14.3 Å². The summed E-state index contributed by atoms with van der Waals surface area (Å²) in [6.07, 6.45) is 1.87. The molecular formula is C34H35N3O6S. The van der Waals surface area contributed by atoms with Crippen molar-refractivity contribution in [1.29, 1.82) is 0 Å². The standard InChI is InChI=1S/C34H35N3O6S/c1-7-41-27-13-11-10-12-26(27)30-29(33(40)43-9-3)21(5)35-34-37(30)31(38)28(44-34)19-24-18-20(4)36(22(24)6)25-16-14-23(15-17-25)32(39)42-8-2/h10-19,30H,7-9H2,1-6H3/t30-/m0/s1. The van der Waals surface area contributed by atoms with E-state index < -0.39 is 12.0 Å². The average Bonchev–Trinajstić information content (AvgIpc) is 3.46. The van der Waals surface area contributed by atoms with Crippen LogP contribution in [0.1, 0.15) is 66.6 Å². The van der Waals surface area contributed by atoms with Crippen molar-refractivity contribution in [1.82, 2.24) is 9.13 Å². The molecule has 0 unspecified atom stereocenters. The highest BCUT2D eigenvalue weighted by molar-refractivity contribution is 7.07. The number of esters is 2. The smallest absolute Gasteiger partial charge is 0.338 e. The summed E-state index contributed by atoms with van der Waals surface area (Å²) in [5, 5.41) is 0. The minimum atomic E-state index is -0.763. The lowest BCUT2D eigenvalue weighted by Crippen LogP contribution is -2.40. The Bertz CT molecular complexity index is 1950. The number of ether oxygens (including phenoxy) is 3. The molecule has 0 N–H and O–H groups in total. The lowest BCUT2D eigenvalue weighted by Gasteiger charge is -2.26. The van der Waals surface area contributed by atoms with Crippen LogP contribution in [0.25, 0.3) is 11.8 Å². The normalized spacial score (nSPS) is 14.7. The molecule has 5 rings (SSSR count). The molecule has 4 aromatic rings. The van der Waals surface area contributed by atoms with Crippen LogP contribution in [0.15, 0.2) is 75.7 Å². The van der Waals surface area contributed by atoms with Crippen molar-refractivity contribution in [3.05, 3.63) is 114 Å². The van der Waals surface area contributed by atoms with Crippen molar-refractivity contribution in [2.24, 2.45) is 4.99 Å². The summed E-state index contributed by atoms with van der Waals surface area (Å²) >= 11 is 1.28. The van der Waals surface area contributed by atoms with E-state index >= 15 is 0 Å². The van der Waals surface area contributed by atoms with Crippen LogP contribution in [-0.4, -0.2) is 40.9 Å². The molecule has 0 saturated heterocycles. The van der Waals surface area contributed by atoms with Gasteiger partial charge in [0.15, 0.2) is 4.80 Å². The second-order valence-electron chi connectivity index (χ2n) is 10.2. The molecule has 0 bridgehead atoms. The number of hydrogen-bond acceptors (Lipinski definition) is 8. The molecule has 0 spiro atoms. The van der Waals surface area contributed by atoms with Gasteiger partial charge in [-0.1, -0.05) is 29.5 Å². The van der Waals surface area contributed by atoms with E-state index in [0.29, 0.717) is 50.7 Å². The number of carbonyl (C=O) groups is 2. The summed E-state index contributed by atoms with van der Waals surface area (Å²) in [6.45, 7) is 12.1. The Kier molecular flexibility index (Phi) is 9.01. The highest BCUT2D eigenvalue weighted by Gasteiger charge is 2.35. The van der Waals surface area contributed by atoms with Crippen LogP contribution in [0.3, 0.4) is 0 Å². The SMILES string of the molecule is CCOC(=O)C1=C(C)N=c2sc(=Cc3cc(C)n(-c4ccc(C(=O)OCC)cc4)c3C)c(=O)n2[C@H]1c1ccccc1OCC. The van der Waals surface area contributed by atoms with Crippen LogP contribution in [0, 0.1) is 13.8 Å². The van der Waals surface area contributed by atoms with Gasteiger partial charge < -0.3 is 18.8 Å². The Labute approximate surface area is 259 Å². The summed E-state index contributed by atoms with van der Waals surface area (Å²) in [7, 11) is 0. The molecule has 1 aliphatic heterocycles. The number of rotatable bonds is 9. The van der Waals surface area contributed by atoms with E-state index in [2.05, 4.69) is 9.56 Å². The molecule has 0 aliphatic carbocycles. The number of nitrogens with zero attached hydrogens (tertiary/aromatic N) is 3. The van der Waals surface area contributed by atoms with E-state index in [0.717, 1.165) is 22.6 Å². The van der Waals surface area contributed by atoms with Crippen molar-refractivity contribution < 1.29 is 23.8 Å². The van der Waals surface area contributed by atoms with Crippen molar-refractivity contribution in [3.63, 3.8) is 0 Å². The second-order valence-corrected chi connectivity index (χ2v) is 11.2. The summed E-state index contributed by atoms with van der Waals surface area (Å²) in [5.41, 5.74) is 5.36. The molecule has 9 nitrogen and oxygen atoms in total. The number of benzene rings is 2. The second kappa shape index (κ2) is 12.9. The first-order chi connectivity index (χ1) is 21.2. The van der Waals surface area contributed by atoms with E-state index in [1.54, 1.807) is 37.5 Å². The van der Waals surface area contributed by atoms with Gasteiger partial charge in [0, 0.05) is 22.6 Å². The van der Waals surface area contributed by atoms with Gasteiger partial charge in [0.25, 0.3) is 5.56 Å². The summed E-state index contributed by atoms with van der Waals surface area (Å²) in [6, 6.07) is 15.9. The minimum Gasteiger partial charge on any atom is -0.494 e. The fraction of sp³-hybridized carbons (Fsp3) is 0.294. The van der Waals surface area contributed by atoms with Gasteiger partial charge in [-0.05, 0) is 89.6 Å². The fourth-order valence-electron chi connectivity index (χ4n) is 5.51. The molecular weight excluding hydrogens is 578 g/mol. The van der Waals surface area contributed by atoms with Crippen molar-refractivity contribution >= 4 is 29.4 Å². The first kappa shape index (κ1) is 30.7. The topological polar surface area (TPSA) is 101 Å². The first-order valence-corrected chi connectivity index (χ1v) is 15.4. The highest BCUT2D eigenvalue weighted by atomic mass is 32.1. The van der Waals surface area contributed by atoms with Crippen LogP contribution < -0.4 is 19.6 Å². The van der Waals surface area contributed by atoms with Gasteiger partial charge in [-0.3, -0.25) is 9.36 Å².